The number of amides is 3. The molecule has 204 valence electrons. The Labute approximate surface area is 216 Å². The molecule has 0 unspecified atom stereocenters. The molecule has 1 saturated heterocycles. The molecule has 0 bridgehead atoms. The lowest BCUT2D eigenvalue weighted by atomic mass is 10.0. The summed E-state index contributed by atoms with van der Waals surface area (Å²) in [6, 6.07) is 6.20. The normalized spacial score (nSPS) is 16.8. The Bertz CT molecular complexity index is 974. The highest BCUT2D eigenvalue weighted by Gasteiger charge is 2.39. The summed E-state index contributed by atoms with van der Waals surface area (Å²) >= 11 is 0. The maximum Gasteiger partial charge on any atom is 0.408 e. The van der Waals surface area contributed by atoms with Gasteiger partial charge < -0.3 is 36.8 Å². The fourth-order valence-electron chi connectivity index (χ4n) is 4.03. The average Bonchev–Trinajstić information content (AvgIpc) is 3.29. The SMILES string of the molecule is CC(C)(C)OC(=O)N[C@H](Cc1ccccc1)C(=O)N1CCC[C@@H]1C(=O)N[C@H](CCCN=C(N)N)C(=O)O. The van der Waals surface area contributed by atoms with Crippen LogP contribution in [0.25, 0.3) is 0 Å². The summed E-state index contributed by atoms with van der Waals surface area (Å²) in [6.07, 6.45) is 0.871. The van der Waals surface area contributed by atoms with Crippen LogP contribution in [0.15, 0.2) is 35.3 Å². The van der Waals surface area contributed by atoms with Crippen LogP contribution in [0.5, 0.6) is 0 Å². The van der Waals surface area contributed by atoms with Gasteiger partial charge in [-0.1, -0.05) is 30.3 Å². The van der Waals surface area contributed by atoms with Gasteiger partial charge in [0.15, 0.2) is 5.96 Å². The molecule has 3 atom stereocenters. The van der Waals surface area contributed by atoms with Crippen molar-refractivity contribution in [1.29, 1.82) is 0 Å². The number of guanidine groups is 1. The van der Waals surface area contributed by atoms with Crippen molar-refractivity contribution in [3.63, 3.8) is 0 Å². The molecule has 2 rings (SSSR count). The quantitative estimate of drug-likeness (QED) is 0.161. The number of nitrogens with one attached hydrogen (secondary N) is 2. The molecule has 1 fully saturated rings. The van der Waals surface area contributed by atoms with E-state index in [1.54, 1.807) is 20.8 Å². The van der Waals surface area contributed by atoms with E-state index < -0.39 is 47.6 Å². The van der Waals surface area contributed by atoms with E-state index in [1.165, 1.54) is 4.90 Å². The van der Waals surface area contributed by atoms with E-state index >= 15 is 0 Å². The van der Waals surface area contributed by atoms with Crippen LogP contribution in [-0.4, -0.2) is 76.7 Å². The number of carboxylic acids is 1. The zero-order valence-corrected chi connectivity index (χ0v) is 21.6. The van der Waals surface area contributed by atoms with E-state index in [4.69, 9.17) is 16.2 Å². The van der Waals surface area contributed by atoms with Gasteiger partial charge in [0.1, 0.15) is 23.7 Å². The van der Waals surface area contributed by atoms with E-state index in [0.717, 1.165) is 5.56 Å². The summed E-state index contributed by atoms with van der Waals surface area (Å²) in [5, 5.41) is 14.7. The molecule has 1 aliphatic rings. The van der Waals surface area contributed by atoms with Crippen molar-refractivity contribution < 1.29 is 29.0 Å². The molecule has 12 heteroatoms. The van der Waals surface area contributed by atoms with Crippen LogP contribution < -0.4 is 22.1 Å². The zero-order chi connectivity index (χ0) is 27.6. The molecular formula is C25H38N6O6. The van der Waals surface area contributed by atoms with E-state index in [9.17, 15) is 24.3 Å². The summed E-state index contributed by atoms with van der Waals surface area (Å²) < 4.78 is 5.34. The number of ether oxygens (including phenoxy) is 1. The maximum atomic E-state index is 13.6. The predicted molar refractivity (Wildman–Crippen MR) is 138 cm³/mol. The van der Waals surface area contributed by atoms with Gasteiger partial charge in [-0.25, -0.2) is 9.59 Å². The third-order valence-corrected chi connectivity index (χ3v) is 5.67. The minimum Gasteiger partial charge on any atom is -0.480 e. The van der Waals surface area contributed by atoms with Crippen LogP contribution in [0, 0.1) is 0 Å². The van der Waals surface area contributed by atoms with Crippen molar-refractivity contribution in [3.05, 3.63) is 35.9 Å². The number of aliphatic carboxylic acids is 1. The van der Waals surface area contributed by atoms with Crippen molar-refractivity contribution >= 4 is 29.8 Å². The smallest absolute Gasteiger partial charge is 0.408 e. The molecule has 0 saturated carbocycles. The third kappa shape index (κ3) is 9.98. The van der Waals surface area contributed by atoms with E-state index in [-0.39, 0.29) is 25.3 Å². The number of carboxylic acid groups (broad SMARTS) is 1. The van der Waals surface area contributed by atoms with E-state index in [2.05, 4.69) is 15.6 Å². The van der Waals surface area contributed by atoms with Gasteiger partial charge in [0.25, 0.3) is 0 Å². The fourth-order valence-corrected chi connectivity index (χ4v) is 4.03. The molecule has 0 aliphatic carbocycles. The Kier molecular flexibility index (Phi) is 10.7. The summed E-state index contributed by atoms with van der Waals surface area (Å²) in [5.74, 6) is -2.29. The average molecular weight is 519 g/mol. The van der Waals surface area contributed by atoms with Crippen molar-refractivity contribution in [1.82, 2.24) is 15.5 Å². The van der Waals surface area contributed by atoms with Crippen LogP contribution in [0.4, 0.5) is 4.79 Å². The van der Waals surface area contributed by atoms with Crippen LogP contribution in [0.2, 0.25) is 0 Å². The molecule has 0 spiro atoms. The number of nitrogens with zero attached hydrogens (tertiary/aromatic N) is 2. The van der Waals surface area contributed by atoms with Crippen molar-refractivity contribution in [2.75, 3.05) is 13.1 Å². The number of rotatable bonds is 11. The van der Waals surface area contributed by atoms with Crippen LogP contribution in [-0.2, 0) is 25.5 Å². The first-order valence-electron chi connectivity index (χ1n) is 12.3. The first-order chi connectivity index (χ1) is 17.4. The van der Waals surface area contributed by atoms with E-state index in [1.807, 2.05) is 30.3 Å². The lowest BCUT2D eigenvalue weighted by molar-refractivity contribution is -0.144. The van der Waals surface area contributed by atoms with Crippen molar-refractivity contribution in [3.8, 4) is 0 Å². The highest BCUT2D eigenvalue weighted by Crippen LogP contribution is 2.20. The second-order valence-corrected chi connectivity index (χ2v) is 9.93. The van der Waals surface area contributed by atoms with Crippen LogP contribution >= 0.6 is 0 Å². The van der Waals surface area contributed by atoms with Crippen LogP contribution in [0.3, 0.4) is 0 Å². The van der Waals surface area contributed by atoms with Gasteiger partial charge in [0.05, 0.1) is 0 Å². The lowest BCUT2D eigenvalue weighted by Crippen LogP contribution is -2.56. The molecule has 1 aliphatic heterocycles. The van der Waals surface area contributed by atoms with Gasteiger partial charge in [-0.3, -0.25) is 14.6 Å². The molecule has 0 aromatic heterocycles. The number of aliphatic imine (C=N–C) groups is 1. The molecule has 0 radical (unpaired) electrons. The third-order valence-electron chi connectivity index (χ3n) is 5.67. The molecule has 3 amide bonds. The standard InChI is InChI=1S/C25H38N6O6/c1-25(2,3)37-24(36)30-18(15-16-9-5-4-6-10-16)21(33)31-14-8-12-19(31)20(32)29-17(22(34)35)11-7-13-28-23(26)27/h4-6,9-10,17-19H,7-8,11-15H2,1-3H3,(H,29,32)(H,30,36)(H,34,35)(H4,26,27,28)/t17-,18-,19-/m1/s1. The van der Waals surface area contributed by atoms with Gasteiger partial charge in [0.2, 0.25) is 11.8 Å². The molecule has 1 aromatic carbocycles. The number of likely N-dealkylation sites (tertiary alicyclic amines) is 1. The minimum atomic E-state index is -1.19. The number of alkyl carbamates (subject to hydrolysis) is 1. The number of hydrogen-bond acceptors (Lipinski definition) is 6. The second kappa shape index (κ2) is 13.5. The van der Waals surface area contributed by atoms with Crippen molar-refractivity contribution in [2.45, 2.75) is 76.6 Å². The lowest BCUT2D eigenvalue weighted by Gasteiger charge is -2.30. The number of nitrogens with two attached hydrogens (primary N) is 2. The van der Waals surface area contributed by atoms with Crippen molar-refractivity contribution in [2.24, 2.45) is 16.5 Å². The monoisotopic (exact) mass is 518 g/mol. The highest BCUT2D eigenvalue weighted by atomic mass is 16.6. The highest BCUT2D eigenvalue weighted by molar-refractivity contribution is 5.93. The Hall–Kier alpha value is -3.83. The predicted octanol–water partition coefficient (Wildman–Crippen LogP) is 0.736. The largest absolute Gasteiger partial charge is 0.480 e. The number of carbonyl (C=O) groups is 4. The first-order valence-corrected chi connectivity index (χ1v) is 12.3. The van der Waals surface area contributed by atoms with Gasteiger partial charge in [-0.05, 0) is 52.0 Å². The summed E-state index contributed by atoms with van der Waals surface area (Å²) in [6.45, 7) is 5.70. The van der Waals surface area contributed by atoms with Gasteiger partial charge in [-0.2, -0.15) is 0 Å². The Balaban J connectivity index is 2.14. The summed E-state index contributed by atoms with van der Waals surface area (Å²) in [4.78, 5) is 56.1. The Morgan fingerprint density at radius 1 is 1.14 bits per heavy atom. The molecular weight excluding hydrogens is 480 g/mol. The summed E-state index contributed by atoms with van der Waals surface area (Å²) in [7, 11) is 0. The van der Waals surface area contributed by atoms with Crippen LogP contribution in [0.1, 0.15) is 52.0 Å². The zero-order valence-electron chi connectivity index (χ0n) is 21.6. The first kappa shape index (κ1) is 29.4. The summed E-state index contributed by atoms with van der Waals surface area (Å²) in [5.41, 5.74) is 10.6. The molecule has 12 nitrogen and oxygen atoms in total. The topological polar surface area (TPSA) is 189 Å². The molecule has 37 heavy (non-hydrogen) atoms. The fraction of sp³-hybridized carbons (Fsp3) is 0.560. The molecule has 1 heterocycles. The number of carbonyl (C=O) groups excluding carboxylic acids is 3. The Morgan fingerprint density at radius 3 is 2.41 bits per heavy atom. The van der Waals surface area contributed by atoms with E-state index in [0.29, 0.717) is 25.8 Å². The van der Waals surface area contributed by atoms with Gasteiger partial charge in [-0.15, -0.1) is 0 Å². The molecule has 1 aromatic rings. The maximum absolute atomic E-state index is 13.6. The number of hydrogen-bond donors (Lipinski definition) is 5. The second-order valence-electron chi connectivity index (χ2n) is 9.93. The molecule has 7 N–H and O–H groups in total. The van der Waals surface area contributed by atoms with Gasteiger partial charge in [0, 0.05) is 19.5 Å². The van der Waals surface area contributed by atoms with Gasteiger partial charge >= 0.3 is 12.1 Å². The Morgan fingerprint density at radius 2 is 1.81 bits per heavy atom. The minimum absolute atomic E-state index is 0.0962. The number of benzene rings is 1.